The minimum absolute atomic E-state index is 0.0413. The van der Waals surface area contributed by atoms with Gasteiger partial charge in [-0.25, -0.2) is 8.42 Å². The molecule has 0 aromatic heterocycles. The van der Waals surface area contributed by atoms with Crippen molar-refractivity contribution in [1.82, 2.24) is 5.32 Å². The van der Waals surface area contributed by atoms with Crippen molar-refractivity contribution in [3.63, 3.8) is 0 Å². The first-order valence-electron chi connectivity index (χ1n) is 9.01. The second-order valence-electron chi connectivity index (χ2n) is 6.38. The summed E-state index contributed by atoms with van der Waals surface area (Å²) in [4.78, 5) is 22.8. The average Bonchev–Trinajstić information content (AvgIpc) is 2.79. The summed E-state index contributed by atoms with van der Waals surface area (Å²) in [7, 11) is -2.24. The van der Waals surface area contributed by atoms with Gasteiger partial charge in [0.15, 0.2) is 5.11 Å². The van der Waals surface area contributed by atoms with Gasteiger partial charge in [-0.2, -0.15) is 0 Å². The van der Waals surface area contributed by atoms with Crippen LogP contribution in [0.3, 0.4) is 0 Å². The number of sulfonamides is 1. The van der Waals surface area contributed by atoms with Gasteiger partial charge in [-0.1, -0.05) is 18.2 Å². The van der Waals surface area contributed by atoms with E-state index in [4.69, 9.17) is 12.2 Å². The van der Waals surface area contributed by atoms with Crippen LogP contribution in [-0.2, 0) is 10.0 Å². The van der Waals surface area contributed by atoms with E-state index in [0.717, 1.165) is 0 Å². The molecule has 0 atom stereocenters. The highest BCUT2D eigenvalue weighted by atomic mass is 32.2. The predicted molar refractivity (Wildman–Crippen MR) is 124 cm³/mol. The Hall–Kier alpha value is -3.63. The van der Waals surface area contributed by atoms with Gasteiger partial charge in [-0.15, -0.1) is 4.91 Å². The van der Waals surface area contributed by atoms with E-state index in [2.05, 4.69) is 15.8 Å². The van der Waals surface area contributed by atoms with E-state index in [-0.39, 0.29) is 15.7 Å². The molecule has 8 nitrogen and oxygen atoms in total. The number of para-hydroxylation sites is 1. The largest absolute Gasteiger partial charge is 0.332 e. The Balaban J connectivity index is 1.65. The molecule has 31 heavy (non-hydrogen) atoms. The fourth-order valence-corrected chi connectivity index (χ4v) is 4.06. The summed E-state index contributed by atoms with van der Waals surface area (Å²) in [5.41, 5.74) is 1.57. The number of nitrogens with zero attached hydrogens (tertiary/aromatic N) is 2. The second kappa shape index (κ2) is 9.45. The molecule has 1 amide bonds. The molecule has 0 unspecified atom stereocenters. The monoisotopic (exact) mass is 454 g/mol. The van der Waals surface area contributed by atoms with Crippen molar-refractivity contribution in [3.05, 3.63) is 89.3 Å². The molecule has 3 aromatic carbocycles. The number of hydrogen-bond donors (Lipinski definition) is 2. The van der Waals surface area contributed by atoms with Crippen LogP contribution in [-0.4, -0.2) is 26.5 Å². The lowest BCUT2D eigenvalue weighted by atomic mass is 10.2. The topological polar surface area (TPSA) is 108 Å². The van der Waals surface area contributed by atoms with Gasteiger partial charge in [0.1, 0.15) is 5.69 Å². The van der Waals surface area contributed by atoms with Gasteiger partial charge in [0.05, 0.1) is 10.6 Å². The summed E-state index contributed by atoms with van der Waals surface area (Å²) in [6.07, 6.45) is 0. The fraction of sp³-hybridized carbons (Fsp3) is 0.0476. The van der Waals surface area contributed by atoms with Crippen molar-refractivity contribution < 1.29 is 13.2 Å². The lowest BCUT2D eigenvalue weighted by Crippen LogP contribution is -2.34. The molecule has 0 spiro atoms. The number of benzene rings is 3. The third kappa shape index (κ3) is 5.30. The van der Waals surface area contributed by atoms with Crippen LogP contribution in [0.2, 0.25) is 0 Å². The number of nitrogens with one attached hydrogen (secondary N) is 2. The molecular formula is C21H18N4O4S2. The minimum Gasteiger partial charge on any atom is -0.332 e. The van der Waals surface area contributed by atoms with Crippen LogP contribution in [0.1, 0.15) is 10.4 Å². The molecule has 0 aliphatic heterocycles. The maximum atomic E-state index is 12.8. The van der Waals surface area contributed by atoms with E-state index in [1.165, 1.54) is 47.8 Å². The van der Waals surface area contributed by atoms with Gasteiger partial charge < -0.3 is 5.32 Å². The van der Waals surface area contributed by atoms with Gasteiger partial charge in [-0.3, -0.25) is 14.4 Å². The van der Waals surface area contributed by atoms with Gasteiger partial charge in [0, 0.05) is 18.3 Å². The highest BCUT2D eigenvalue weighted by Gasteiger charge is 2.21. The highest BCUT2D eigenvalue weighted by Crippen LogP contribution is 2.22. The Morgan fingerprint density at radius 2 is 1.55 bits per heavy atom. The standard InChI is InChI=1S/C21H18N4O4S2/c1-25(18-5-3-2-4-6-18)31(28,29)19-13-11-16(12-14-19)22-21(30)23-20(26)15-7-9-17(24-27)10-8-15/h2-14H,1H3,(H2,22,23,26,30). The third-order valence-electron chi connectivity index (χ3n) is 4.35. The zero-order chi connectivity index (χ0) is 22.4. The molecule has 0 bridgehead atoms. The quantitative estimate of drug-likeness (QED) is 0.430. The average molecular weight is 455 g/mol. The van der Waals surface area contributed by atoms with Gasteiger partial charge in [0.2, 0.25) is 0 Å². The van der Waals surface area contributed by atoms with Gasteiger partial charge in [-0.05, 0) is 78.1 Å². The van der Waals surface area contributed by atoms with E-state index >= 15 is 0 Å². The van der Waals surface area contributed by atoms with E-state index < -0.39 is 15.9 Å². The molecule has 2 N–H and O–H groups in total. The molecule has 0 aliphatic rings. The van der Waals surface area contributed by atoms with Crippen molar-refractivity contribution in [2.75, 3.05) is 16.7 Å². The summed E-state index contributed by atoms with van der Waals surface area (Å²) in [5, 5.41) is 8.16. The normalized spacial score (nSPS) is 10.7. The Morgan fingerprint density at radius 1 is 0.935 bits per heavy atom. The summed E-state index contributed by atoms with van der Waals surface area (Å²) in [6.45, 7) is 0. The highest BCUT2D eigenvalue weighted by molar-refractivity contribution is 7.92. The van der Waals surface area contributed by atoms with Crippen molar-refractivity contribution >= 4 is 50.3 Å². The SMILES string of the molecule is CN(c1ccccc1)S(=O)(=O)c1ccc(NC(=S)NC(=O)c2ccc(N=O)cc2)cc1. The smallest absolute Gasteiger partial charge is 0.264 e. The number of hydrogen-bond acceptors (Lipinski definition) is 6. The van der Waals surface area contributed by atoms with Crippen LogP contribution in [0.4, 0.5) is 17.1 Å². The predicted octanol–water partition coefficient (Wildman–Crippen LogP) is 4.04. The first kappa shape index (κ1) is 22.1. The molecule has 158 valence electrons. The minimum atomic E-state index is -3.73. The number of carbonyl (C=O) groups excluding carboxylic acids is 1. The molecule has 0 fully saturated rings. The Labute approximate surface area is 184 Å². The Bertz CT molecular complexity index is 1200. The van der Waals surface area contributed by atoms with Crippen LogP contribution in [0.25, 0.3) is 0 Å². The Kier molecular flexibility index (Phi) is 6.73. The lowest BCUT2D eigenvalue weighted by molar-refractivity contribution is 0.0977. The number of nitroso groups, excluding NO2 is 1. The molecule has 0 radical (unpaired) electrons. The summed E-state index contributed by atoms with van der Waals surface area (Å²) in [5.74, 6) is -0.460. The van der Waals surface area contributed by atoms with Gasteiger partial charge >= 0.3 is 0 Å². The number of anilines is 2. The second-order valence-corrected chi connectivity index (χ2v) is 8.76. The van der Waals surface area contributed by atoms with Gasteiger partial charge in [0.25, 0.3) is 15.9 Å². The van der Waals surface area contributed by atoms with E-state index in [0.29, 0.717) is 16.9 Å². The van der Waals surface area contributed by atoms with Crippen LogP contribution < -0.4 is 14.9 Å². The van der Waals surface area contributed by atoms with Crippen LogP contribution >= 0.6 is 12.2 Å². The molecule has 0 saturated carbocycles. The number of thiocarbonyl (C=S) groups is 1. The molecule has 3 rings (SSSR count). The van der Waals surface area contributed by atoms with E-state index in [1.807, 2.05) is 6.07 Å². The van der Waals surface area contributed by atoms with Crippen molar-refractivity contribution in [3.8, 4) is 0 Å². The van der Waals surface area contributed by atoms with E-state index in [9.17, 15) is 18.1 Å². The Morgan fingerprint density at radius 3 is 2.13 bits per heavy atom. The molecule has 10 heteroatoms. The molecular weight excluding hydrogens is 436 g/mol. The first-order chi connectivity index (χ1) is 14.8. The van der Waals surface area contributed by atoms with E-state index in [1.54, 1.807) is 36.4 Å². The summed E-state index contributed by atoms with van der Waals surface area (Å²) >= 11 is 5.13. The molecule has 0 heterocycles. The molecule has 0 saturated heterocycles. The fourth-order valence-electron chi connectivity index (χ4n) is 2.66. The number of amides is 1. The summed E-state index contributed by atoms with van der Waals surface area (Å²) in [6, 6.07) is 20.5. The van der Waals surface area contributed by atoms with Crippen molar-refractivity contribution in [1.29, 1.82) is 0 Å². The van der Waals surface area contributed by atoms with Crippen molar-refractivity contribution in [2.45, 2.75) is 4.90 Å². The maximum absolute atomic E-state index is 12.8. The zero-order valence-electron chi connectivity index (χ0n) is 16.3. The zero-order valence-corrected chi connectivity index (χ0v) is 18.0. The van der Waals surface area contributed by atoms with Crippen LogP contribution in [0.15, 0.2) is 88.9 Å². The number of carbonyl (C=O) groups is 1. The van der Waals surface area contributed by atoms with Crippen molar-refractivity contribution in [2.24, 2.45) is 5.18 Å². The maximum Gasteiger partial charge on any atom is 0.264 e. The molecule has 3 aromatic rings. The lowest BCUT2D eigenvalue weighted by Gasteiger charge is -2.19. The first-order valence-corrected chi connectivity index (χ1v) is 10.9. The number of rotatable bonds is 6. The third-order valence-corrected chi connectivity index (χ3v) is 6.36. The van der Waals surface area contributed by atoms with Crippen LogP contribution in [0.5, 0.6) is 0 Å². The molecule has 0 aliphatic carbocycles. The summed E-state index contributed by atoms with van der Waals surface area (Å²) < 4.78 is 26.8. The van der Waals surface area contributed by atoms with Crippen LogP contribution in [0, 0.1) is 4.91 Å².